The molecule has 0 atom stereocenters. The van der Waals surface area contributed by atoms with Gasteiger partial charge in [-0.2, -0.15) is 0 Å². The summed E-state index contributed by atoms with van der Waals surface area (Å²) in [7, 11) is 0. The van der Waals surface area contributed by atoms with Gasteiger partial charge in [0.15, 0.2) is 5.11 Å². The number of nitrogens with one attached hydrogen (secondary N) is 2. The topological polar surface area (TPSA) is 64.7 Å². The van der Waals surface area contributed by atoms with Crippen molar-refractivity contribution >= 4 is 75.3 Å². The summed E-state index contributed by atoms with van der Waals surface area (Å²) < 4.78 is 0. The van der Waals surface area contributed by atoms with Crippen LogP contribution in [0.1, 0.15) is 23.7 Å². The molecule has 10 heteroatoms. The lowest BCUT2D eigenvalue weighted by molar-refractivity contribution is -0.131. The van der Waals surface area contributed by atoms with Crippen LogP contribution in [0.15, 0.2) is 36.4 Å². The van der Waals surface area contributed by atoms with Gasteiger partial charge >= 0.3 is 0 Å². The van der Waals surface area contributed by atoms with E-state index in [-0.39, 0.29) is 21.6 Å². The number of anilines is 2. The van der Waals surface area contributed by atoms with Crippen molar-refractivity contribution in [3.8, 4) is 0 Å². The van der Waals surface area contributed by atoms with Crippen molar-refractivity contribution in [2.75, 3.05) is 36.4 Å². The van der Waals surface area contributed by atoms with Gasteiger partial charge in [0.1, 0.15) is 0 Å². The Labute approximate surface area is 201 Å². The van der Waals surface area contributed by atoms with Crippen molar-refractivity contribution in [3.05, 3.63) is 57.0 Å². The SMILES string of the molecule is CCC(=O)N1CCN(c2ccc(Cl)cc2NC(=S)NC(=O)c2cc(Cl)ccc2Cl)CC1. The van der Waals surface area contributed by atoms with Crippen LogP contribution in [0, 0.1) is 0 Å². The number of thiocarbonyl (C=S) groups is 1. The van der Waals surface area contributed by atoms with Crippen LogP contribution in [0.3, 0.4) is 0 Å². The molecule has 2 N–H and O–H groups in total. The fourth-order valence-corrected chi connectivity index (χ4v) is 4.05. The number of benzene rings is 2. The molecule has 0 aliphatic carbocycles. The van der Waals surface area contributed by atoms with Gasteiger partial charge in [-0.1, -0.05) is 41.7 Å². The van der Waals surface area contributed by atoms with E-state index in [1.807, 2.05) is 17.9 Å². The Kier molecular flexibility index (Phi) is 8.00. The van der Waals surface area contributed by atoms with E-state index in [1.54, 1.807) is 24.3 Å². The quantitative estimate of drug-likeness (QED) is 0.590. The van der Waals surface area contributed by atoms with Crippen LogP contribution in [-0.4, -0.2) is 48.0 Å². The fourth-order valence-electron chi connectivity index (χ4n) is 3.30. The Hall–Kier alpha value is -2.06. The third-order valence-corrected chi connectivity index (χ3v) is 5.89. The van der Waals surface area contributed by atoms with Gasteiger partial charge < -0.3 is 15.1 Å². The molecule has 164 valence electrons. The molecule has 0 radical (unpaired) electrons. The molecular formula is C21H21Cl3N4O2S. The van der Waals surface area contributed by atoms with Crippen LogP contribution < -0.4 is 15.5 Å². The largest absolute Gasteiger partial charge is 0.366 e. The number of piperazine rings is 1. The van der Waals surface area contributed by atoms with Crippen molar-refractivity contribution in [3.63, 3.8) is 0 Å². The van der Waals surface area contributed by atoms with E-state index >= 15 is 0 Å². The summed E-state index contributed by atoms with van der Waals surface area (Å²) in [5.41, 5.74) is 1.76. The van der Waals surface area contributed by atoms with Crippen LogP contribution >= 0.6 is 47.0 Å². The molecule has 0 spiro atoms. The smallest absolute Gasteiger partial charge is 0.258 e. The van der Waals surface area contributed by atoms with Crippen LogP contribution in [0.4, 0.5) is 11.4 Å². The molecule has 2 aromatic rings. The predicted octanol–water partition coefficient (Wildman–Crippen LogP) is 4.83. The van der Waals surface area contributed by atoms with E-state index in [0.717, 1.165) is 5.69 Å². The van der Waals surface area contributed by atoms with Gasteiger partial charge in [0, 0.05) is 42.6 Å². The van der Waals surface area contributed by atoms with Gasteiger partial charge in [-0.3, -0.25) is 14.9 Å². The Bertz CT molecular complexity index is 1010. The number of amides is 2. The molecule has 0 bridgehead atoms. The van der Waals surface area contributed by atoms with E-state index in [2.05, 4.69) is 15.5 Å². The van der Waals surface area contributed by atoms with Crippen molar-refractivity contribution < 1.29 is 9.59 Å². The molecule has 3 rings (SSSR count). The Morgan fingerprint density at radius 2 is 1.65 bits per heavy atom. The number of hydrogen-bond acceptors (Lipinski definition) is 4. The number of nitrogens with zero attached hydrogens (tertiary/aromatic N) is 2. The average molecular weight is 500 g/mol. The summed E-state index contributed by atoms with van der Waals surface area (Å²) in [5, 5.41) is 6.95. The summed E-state index contributed by atoms with van der Waals surface area (Å²) in [6.45, 7) is 4.51. The van der Waals surface area contributed by atoms with Crippen molar-refractivity contribution in [1.82, 2.24) is 10.2 Å². The molecule has 6 nitrogen and oxygen atoms in total. The summed E-state index contributed by atoms with van der Waals surface area (Å²) in [6.07, 6.45) is 0.498. The van der Waals surface area contributed by atoms with Gasteiger partial charge in [0.2, 0.25) is 5.91 Å². The Morgan fingerprint density at radius 3 is 2.32 bits per heavy atom. The van der Waals surface area contributed by atoms with E-state index in [4.69, 9.17) is 47.0 Å². The zero-order valence-electron chi connectivity index (χ0n) is 16.8. The molecule has 0 unspecified atom stereocenters. The van der Waals surface area contributed by atoms with Gasteiger partial charge in [0.25, 0.3) is 5.91 Å². The predicted molar refractivity (Wildman–Crippen MR) is 131 cm³/mol. The fraction of sp³-hybridized carbons (Fsp3) is 0.286. The van der Waals surface area contributed by atoms with Crippen molar-refractivity contribution in [2.24, 2.45) is 0 Å². The maximum absolute atomic E-state index is 12.5. The lowest BCUT2D eigenvalue weighted by Gasteiger charge is -2.37. The molecule has 2 amide bonds. The van der Waals surface area contributed by atoms with E-state index in [9.17, 15) is 9.59 Å². The number of carbonyl (C=O) groups is 2. The molecule has 2 aromatic carbocycles. The minimum atomic E-state index is -0.472. The second-order valence-corrected chi connectivity index (χ2v) is 8.60. The molecule has 1 aliphatic rings. The van der Waals surface area contributed by atoms with Crippen molar-refractivity contribution in [2.45, 2.75) is 13.3 Å². The molecule has 0 aromatic heterocycles. The minimum Gasteiger partial charge on any atom is -0.366 e. The monoisotopic (exact) mass is 498 g/mol. The van der Waals surface area contributed by atoms with E-state index in [1.165, 1.54) is 6.07 Å². The molecule has 1 aliphatic heterocycles. The first kappa shape index (κ1) is 23.6. The first-order valence-corrected chi connectivity index (χ1v) is 11.2. The first-order chi connectivity index (χ1) is 14.8. The van der Waals surface area contributed by atoms with Gasteiger partial charge in [-0.05, 0) is 48.6 Å². The summed E-state index contributed by atoms with van der Waals surface area (Å²) in [4.78, 5) is 28.5. The van der Waals surface area contributed by atoms with Gasteiger partial charge in [-0.25, -0.2) is 0 Å². The number of carbonyl (C=O) groups excluding carboxylic acids is 2. The number of halogens is 3. The third kappa shape index (κ3) is 6.01. The Balaban J connectivity index is 1.71. The van der Waals surface area contributed by atoms with Crippen LogP contribution in [0.25, 0.3) is 0 Å². The zero-order chi connectivity index (χ0) is 22.5. The minimum absolute atomic E-state index is 0.101. The first-order valence-electron chi connectivity index (χ1n) is 9.68. The van der Waals surface area contributed by atoms with Gasteiger partial charge in [0.05, 0.1) is 22.0 Å². The van der Waals surface area contributed by atoms with Gasteiger partial charge in [-0.15, -0.1) is 0 Å². The number of rotatable bonds is 4. The maximum Gasteiger partial charge on any atom is 0.258 e. The highest BCUT2D eigenvalue weighted by Crippen LogP contribution is 2.30. The molecule has 31 heavy (non-hydrogen) atoms. The second-order valence-electron chi connectivity index (χ2n) is 6.92. The molecule has 0 saturated carbocycles. The highest BCUT2D eigenvalue weighted by Gasteiger charge is 2.22. The average Bonchev–Trinajstić information content (AvgIpc) is 2.75. The molecule has 1 saturated heterocycles. The summed E-state index contributed by atoms with van der Waals surface area (Å²) >= 11 is 23.6. The third-order valence-electron chi connectivity index (χ3n) is 4.88. The summed E-state index contributed by atoms with van der Waals surface area (Å²) in [5.74, 6) is -0.321. The normalized spacial score (nSPS) is 13.7. The lowest BCUT2D eigenvalue weighted by Crippen LogP contribution is -2.48. The van der Waals surface area contributed by atoms with Crippen LogP contribution in [0.5, 0.6) is 0 Å². The van der Waals surface area contributed by atoms with E-state index in [0.29, 0.717) is 48.3 Å². The highest BCUT2D eigenvalue weighted by molar-refractivity contribution is 7.80. The zero-order valence-corrected chi connectivity index (χ0v) is 19.8. The number of hydrogen-bond donors (Lipinski definition) is 2. The lowest BCUT2D eigenvalue weighted by atomic mass is 10.2. The Morgan fingerprint density at radius 1 is 1.00 bits per heavy atom. The molecule has 1 heterocycles. The van der Waals surface area contributed by atoms with Crippen LogP contribution in [0.2, 0.25) is 15.1 Å². The summed E-state index contributed by atoms with van der Waals surface area (Å²) in [6, 6.07) is 10.0. The molecular weight excluding hydrogens is 479 g/mol. The maximum atomic E-state index is 12.5. The van der Waals surface area contributed by atoms with Crippen LogP contribution in [-0.2, 0) is 4.79 Å². The van der Waals surface area contributed by atoms with E-state index < -0.39 is 5.91 Å². The highest BCUT2D eigenvalue weighted by atomic mass is 35.5. The molecule has 1 fully saturated rings. The van der Waals surface area contributed by atoms with Crippen molar-refractivity contribution in [1.29, 1.82) is 0 Å². The standard InChI is InChI=1S/C21H21Cl3N4O2S/c1-2-19(29)28-9-7-27(8-10-28)18-6-4-14(23)12-17(18)25-21(31)26-20(30)15-11-13(22)3-5-16(15)24/h3-6,11-12H,2,7-10H2,1H3,(H2,25,26,30,31). The second kappa shape index (κ2) is 10.5.